The monoisotopic (exact) mass is 444 g/mol. The van der Waals surface area contributed by atoms with Crippen molar-refractivity contribution in [3.05, 3.63) is 106 Å². The van der Waals surface area contributed by atoms with Gasteiger partial charge >= 0.3 is 0 Å². The van der Waals surface area contributed by atoms with E-state index in [4.69, 9.17) is 23.8 Å². The number of carbonyl (C=O) groups is 2. The molecule has 0 radical (unpaired) electrons. The molecular weight excluding hydrogens is 428 g/mol. The molecule has 3 aromatic rings. The van der Waals surface area contributed by atoms with Gasteiger partial charge in [-0.1, -0.05) is 78.4 Å². The highest BCUT2D eigenvalue weighted by Crippen LogP contribution is 2.24. The fourth-order valence-corrected chi connectivity index (χ4v) is 3.52. The van der Waals surface area contributed by atoms with Crippen LogP contribution in [0.4, 0.5) is 5.69 Å². The number of thiocarbonyl (C=S) groups is 1. The van der Waals surface area contributed by atoms with E-state index in [1.54, 1.807) is 30.3 Å². The van der Waals surface area contributed by atoms with Crippen LogP contribution < -0.4 is 10.2 Å². The molecule has 1 fully saturated rings. The van der Waals surface area contributed by atoms with Crippen LogP contribution in [0.25, 0.3) is 18.2 Å². The van der Waals surface area contributed by atoms with Crippen LogP contribution in [0.1, 0.15) is 16.7 Å². The molecule has 4 rings (SSSR count). The topological polar surface area (TPSA) is 49.4 Å². The zero-order chi connectivity index (χ0) is 21.8. The van der Waals surface area contributed by atoms with Gasteiger partial charge in [0.25, 0.3) is 11.8 Å². The van der Waals surface area contributed by atoms with Crippen LogP contribution in [0.2, 0.25) is 5.02 Å². The van der Waals surface area contributed by atoms with Crippen LogP contribution in [0.15, 0.2) is 84.4 Å². The first-order valence-corrected chi connectivity index (χ1v) is 10.3. The summed E-state index contributed by atoms with van der Waals surface area (Å²) in [5.41, 5.74) is 3.40. The SMILES string of the molecule is O=C1NC(=S)N(c2ccc(Cl)cc2)C(=O)C1=Cc1ccc(C=Cc2ccccc2)cc1. The van der Waals surface area contributed by atoms with Crippen molar-refractivity contribution in [2.75, 3.05) is 4.90 Å². The quantitative estimate of drug-likeness (QED) is 0.256. The molecule has 1 aliphatic heterocycles. The maximum Gasteiger partial charge on any atom is 0.270 e. The number of amides is 2. The van der Waals surface area contributed by atoms with Gasteiger partial charge in [0.05, 0.1) is 5.69 Å². The Labute approximate surface area is 190 Å². The van der Waals surface area contributed by atoms with Gasteiger partial charge in [0.15, 0.2) is 5.11 Å². The Hall–Kier alpha value is -3.54. The van der Waals surface area contributed by atoms with Crippen molar-refractivity contribution in [1.29, 1.82) is 0 Å². The smallest absolute Gasteiger partial charge is 0.270 e. The number of nitrogens with one attached hydrogen (secondary N) is 1. The Kier molecular flexibility index (Phi) is 6.07. The number of carbonyl (C=O) groups excluding carboxylic acids is 2. The average Bonchev–Trinajstić information content (AvgIpc) is 2.78. The van der Waals surface area contributed by atoms with E-state index in [-0.39, 0.29) is 10.7 Å². The highest BCUT2D eigenvalue weighted by Gasteiger charge is 2.34. The van der Waals surface area contributed by atoms with Crippen LogP contribution in [0.3, 0.4) is 0 Å². The molecule has 0 saturated carbocycles. The van der Waals surface area contributed by atoms with Crippen molar-refractivity contribution in [3.63, 3.8) is 0 Å². The molecule has 152 valence electrons. The number of rotatable bonds is 4. The molecule has 0 atom stereocenters. The molecular formula is C25H17ClN2O2S. The van der Waals surface area contributed by atoms with Crippen molar-refractivity contribution >= 4 is 64.7 Å². The molecule has 0 unspecified atom stereocenters. The maximum absolute atomic E-state index is 13.0. The van der Waals surface area contributed by atoms with Crippen LogP contribution in [0, 0.1) is 0 Å². The normalized spacial score (nSPS) is 15.6. The van der Waals surface area contributed by atoms with E-state index in [0.29, 0.717) is 10.7 Å². The van der Waals surface area contributed by atoms with Gasteiger partial charge < -0.3 is 0 Å². The van der Waals surface area contributed by atoms with E-state index in [1.807, 2.05) is 66.7 Å². The van der Waals surface area contributed by atoms with Crippen molar-refractivity contribution in [2.24, 2.45) is 0 Å². The molecule has 2 amide bonds. The second-order valence-electron chi connectivity index (χ2n) is 6.84. The Balaban J connectivity index is 1.57. The van der Waals surface area contributed by atoms with Crippen LogP contribution >= 0.6 is 23.8 Å². The van der Waals surface area contributed by atoms with E-state index in [0.717, 1.165) is 16.7 Å². The summed E-state index contributed by atoms with van der Waals surface area (Å²) in [6, 6.07) is 24.3. The van der Waals surface area contributed by atoms with Crippen LogP contribution in [0.5, 0.6) is 0 Å². The van der Waals surface area contributed by atoms with Gasteiger partial charge in [-0.2, -0.15) is 0 Å². The van der Waals surface area contributed by atoms with Gasteiger partial charge in [-0.15, -0.1) is 0 Å². The summed E-state index contributed by atoms with van der Waals surface area (Å²) in [6.45, 7) is 0. The third kappa shape index (κ3) is 4.79. The number of benzene rings is 3. The van der Waals surface area contributed by atoms with Crippen LogP contribution in [-0.4, -0.2) is 16.9 Å². The molecule has 1 saturated heterocycles. The number of halogens is 1. The van der Waals surface area contributed by atoms with Crippen molar-refractivity contribution in [2.45, 2.75) is 0 Å². The zero-order valence-corrected chi connectivity index (χ0v) is 17.9. The highest BCUT2D eigenvalue weighted by atomic mass is 35.5. The largest absolute Gasteiger partial charge is 0.298 e. The zero-order valence-electron chi connectivity index (χ0n) is 16.3. The number of hydrogen-bond acceptors (Lipinski definition) is 3. The molecule has 4 nitrogen and oxygen atoms in total. The second kappa shape index (κ2) is 9.08. The van der Waals surface area contributed by atoms with E-state index >= 15 is 0 Å². The number of nitrogens with zero attached hydrogens (tertiary/aromatic N) is 1. The predicted octanol–water partition coefficient (Wildman–Crippen LogP) is 5.34. The molecule has 0 bridgehead atoms. The third-order valence-corrected chi connectivity index (χ3v) is 5.24. The summed E-state index contributed by atoms with van der Waals surface area (Å²) < 4.78 is 0. The molecule has 6 heteroatoms. The minimum atomic E-state index is -0.520. The average molecular weight is 445 g/mol. The number of hydrogen-bond donors (Lipinski definition) is 1. The van der Waals surface area contributed by atoms with Gasteiger partial charge in [-0.05, 0) is 59.2 Å². The standard InChI is InChI=1S/C25H17ClN2O2S/c26-20-12-14-21(15-13-20)28-24(30)22(23(29)27-25(28)31)16-19-10-8-18(9-11-19)7-6-17-4-2-1-3-5-17/h1-16H,(H,27,29,31). The molecule has 31 heavy (non-hydrogen) atoms. The fourth-order valence-electron chi connectivity index (χ4n) is 3.11. The molecule has 3 aromatic carbocycles. The lowest BCUT2D eigenvalue weighted by Crippen LogP contribution is -2.54. The van der Waals surface area contributed by atoms with E-state index in [9.17, 15) is 9.59 Å². The van der Waals surface area contributed by atoms with E-state index in [2.05, 4.69) is 5.32 Å². The van der Waals surface area contributed by atoms with Gasteiger partial charge in [-0.25, -0.2) is 0 Å². The molecule has 0 aromatic heterocycles. The Morgan fingerprint density at radius 1 is 0.774 bits per heavy atom. The molecule has 0 aliphatic carbocycles. The first-order chi connectivity index (χ1) is 15.0. The van der Waals surface area contributed by atoms with Crippen molar-refractivity contribution in [3.8, 4) is 0 Å². The summed E-state index contributed by atoms with van der Waals surface area (Å²) >= 11 is 11.1. The summed E-state index contributed by atoms with van der Waals surface area (Å²) in [5.74, 6) is -1.00. The lowest BCUT2D eigenvalue weighted by Gasteiger charge is -2.28. The Morgan fingerprint density at radius 2 is 1.35 bits per heavy atom. The van der Waals surface area contributed by atoms with E-state index < -0.39 is 11.8 Å². The van der Waals surface area contributed by atoms with Gasteiger partial charge in [0.1, 0.15) is 5.57 Å². The lowest BCUT2D eigenvalue weighted by atomic mass is 10.0. The lowest BCUT2D eigenvalue weighted by molar-refractivity contribution is -0.122. The summed E-state index contributed by atoms with van der Waals surface area (Å²) in [4.78, 5) is 26.7. The first kappa shape index (κ1) is 20.7. The summed E-state index contributed by atoms with van der Waals surface area (Å²) in [7, 11) is 0. The highest BCUT2D eigenvalue weighted by molar-refractivity contribution is 7.80. The Bertz CT molecular complexity index is 1200. The van der Waals surface area contributed by atoms with Crippen LogP contribution in [-0.2, 0) is 9.59 Å². The Morgan fingerprint density at radius 3 is 2.00 bits per heavy atom. The summed E-state index contributed by atoms with van der Waals surface area (Å²) in [6.07, 6.45) is 5.59. The number of anilines is 1. The fraction of sp³-hybridized carbons (Fsp3) is 0. The van der Waals surface area contributed by atoms with Crippen molar-refractivity contribution < 1.29 is 9.59 Å². The maximum atomic E-state index is 13.0. The molecule has 1 aliphatic rings. The van der Waals surface area contributed by atoms with Gasteiger partial charge in [0.2, 0.25) is 0 Å². The predicted molar refractivity (Wildman–Crippen MR) is 129 cm³/mol. The molecule has 1 N–H and O–H groups in total. The van der Waals surface area contributed by atoms with Gasteiger partial charge in [0, 0.05) is 5.02 Å². The minimum Gasteiger partial charge on any atom is -0.298 e. The molecule has 1 heterocycles. The third-order valence-electron chi connectivity index (χ3n) is 4.70. The summed E-state index contributed by atoms with van der Waals surface area (Å²) in [5, 5.41) is 3.16. The molecule has 0 spiro atoms. The van der Waals surface area contributed by atoms with Gasteiger partial charge in [-0.3, -0.25) is 19.8 Å². The minimum absolute atomic E-state index is 0.0103. The second-order valence-corrected chi connectivity index (χ2v) is 7.67. The first-order valence-electron chi connectivity index (χ1n) is 9.51. The van der Waals surface area contributed by atoms with Crippen molar-refractivity contribution in [1.82, 2.24) is 5.32 Å². The van der Waals surface area contributed by atoms with E-state index in [1.165, 1.54) is 4.90 Å².